The van der Waals surface area contributed by atoms with Crippen molar-refractivity contribution in [2.24, 2.45) is 0 Å². The number of aromatic nitrogens is 2. The highest BCUT2D eigenvalue weighted by atomic mass is 35.5. The Bertz CT molecular complexity index is 698. The lowest BCUT2D eigenvalue weighted by Gasteiger charge is -2.11. The summed E-state index contributed by atoms with van der Waals surface area (Å²) < 4.78 is 1.87. The standard InChI is InChI=1S/C17H20Cl2N2O2/c1-3-4-9-14-20-15(11(2)17(22)23)16(19)21(14)10-12-7-5-6-8-13(12)18/h5-8,11H,3-4,9-10H2,1-2H3,(H,22,23). The Morgan fingerprint density at radius 2 is 2.04 bits per heavy atom. The Morgan fingerprint density at radius 1 is 1.35 bits per heavy atom. The monoisotopic (exact) mass is 354 g/mol. The summed E-state index contributed by atoms with van der Waals surface area (Å²) in [7, 11) is 0. The van der Waals surface area contributed by atoms with E-state index in [1.165, 1.54) is 0 Å². The summed E-state index contributed by atoms with van der Waals surface area (Å²) in [5, 5.41) is 10.3. The van der Waals surface area contributed by atoms with Gasteiger partial charge in [-0.15, -0.1) is 0 Å². The molecule has 0 bridgehead atoms. The van der Waals surface area contributed by atoms with E-state index in [0.29, 0.717) is 22.4 Å². The highest BCUT2D eigenvalue weighted by molar-refractivity contribution is 6.31. The van der Waals surface area contributed by atoms with Crippen LogP contribution in [0.15, 0.2) is 24.3 Å². The molecule has 0 saturated heterocycles. The van der Waals surface area contributed by atoms with Gasteiger partial charge in [-0.05, 0) is 25.0 Å². The van der Waals surface area contributed by atoms with E-state index in [9.17, 15) is 9.90 Å². The number of benzene rings is 1. The van der Waals surface area contributed by atoms with Gasteiger partial charge < -0.3 is 9.67 Å². The van der Waals surface area contributed by atoms with Crippen LogP contribution in [-0.2, 0) is 17.8 Å². The van der Waals surface area contributed by atoms with Crippen molar-refractivity contribution in [3.05, 3.63) is 51.5 Å². The van der Waals surface area contributed by atoms with Gasteiger partial charge >= 0.3 is 5.97 Å². The first-order chi connectivity index (χ1) is 11.0. The number of aliphatic carboxylic acids is 1. The molecule has 0 fully saturated rings. The molecule has 1 unspecified atom stereocenters. The Hall–Kier alpha value is -1.52. The first kappa shape index (κ1) is 17.8. The van der Waals surface area contributed by atoms with Crippen LogP contribution in [0.2, 0.25) is 10.2 Å². The first-order valence-electron chi connectivity index (χ1n) is 7.66. The molecule has 2 aromatic rings. The van der Waals surface area contributed by atoms with Crippen LogP contribution in [-0.4, -0.2) is 20.6 Å². The van der Waals surface area contributed by atoms with Crippen LogP contribution in [0.5, 0.6) is 0 Å². The molecule has 23 heavy (non-hydrogen) atoms. The van der Waals surface area contributed by atoms with Crippen molar-refractivity contribution in [1.29, 1.82) is 0 Å². The zero-order valence-electron chi connectivity index (χ0n) is 13.2. The molecule has 0 amide bonds. The smallest absolute Gasteiger partial charge is 0.312 e. The molecule has 4 nitrogen and oxygen atoms in total. The highest BCUT2D eigenvalue weighted by Gasteiger charge is 2.24. The molecule has 0 spiro atoms. The maximum Gasteiger partial charge on any atom is 0.312 e. The number of carboxylic acid groups (broad SMARTS) is 1. The molecular formula is C17H20Cl2N2O2. The number of rotatable bonds is 7. The predicted molar refractivity (Wildman–Crippen MR) is 92.5 cm³/mol. The van der Waals surface area contributed by atoms with Gasteiger partial charge in [-0.1, -0.05) is 54.7 Å². The SMILES string of the molecule is CCCCc1nc(C(C)C(=O)O)c(Cl)n1Cc1ccccc1Cl. The number of imidazole rings is 1. The highest BCUT2D eigenvalue weighted by Crippen LogP contribution is 2.28. The van der Waals surface area contributed by atoms with Gasteiger partial charge in [0.15, 0.2) is 0 Å². The van der Waals surface area contributed by atoms with Gasteiger partial charge in [0.1, 0.15) is 11.0 Å². The zero-order chi connectivity index (χ0) is 17.0. The molecule has 0 radical (unpaired) electrons. The summed E-state index contributed by atoms with van der Waals surface area (Å²) in [5.41, 5.74) is 1.35. The Balaban J connectivity index is 2.43. The van der Waals surface area contributed by atoms with Crippen LogP contribution in [0.4, 0.5) is 0 Å². The van der Waals surface area contributed by atoms with Crippen molar-refractivity contribution in [1.82, 2.24) is 9.55 Å². The van der Waals surface area contributed by atoms with Crippen molar-refractivity contribution in [2.45, 2.75) is 45.6 Å². The average molecular weight is 355 g/mol. The van der Waals surface area contributed by atoms with Gasteiger partial charge in [0.2, 0.25) is 0 Å². The molecule has 124 valence electrons. The van der Waals surface area contributed by atoms with Crippen molar-refractivity contribution < 1.29 is 9.90 Å². The fourth-order valence-corrected chi connectivity index (χ4v) is 2.93. The lowest BCUT2D eigenvalue weighted by molar-refractivity contribution is -0.138. The van der Waals surface area contributed by atoms with E-state index >= 15 is 0 Å². The van der Waals surface area contributed by atoms with Gasteiger partial charge in [-0.25, -0.2) is 4.98 Å². The van der Waals surface area contributed by atoms with Crippen LogP contribution >= 0.6 is 23.2 Å². The second-order valence-electron chi connectivity index (χ2n) is 5.55. The molecule has 6 heteroatoms. The number of hydrogen-bond donors (Lipinski definition) is 1. The molecule has 1 aromatic heterocycles. The van der Waals surface area contributed by atoms with E-state index in [1.54, 1.807) is 6.92 Å². The number of hydrogen-bond acceptors (Lipinski definition) is 2. The summed E-state index contributed by atoms with van der Waals surface area (Å²) in [6, 6.07) is 7.55. The first-order valence-corrected chi connectivity index (χ1v) is 8.42. The van der Waals surface area contributed by atoms with Gasteiger partial charge in [0.05, 0.1) is 18.2 Å². The molecule has 0 aliphatic heterocycles. The number of unbranched alkanes of at least 4 members (excludes halogenated alkanes) is 1. The van der Waals surface area contributed by atoms with E-state index in [-0.39, 0.29) is 0 Å². The largest absolute Gasteiger partial charge is 0.481 e. The van der Waals surface area contributed by atoms with Crippen LogP contribution < -0.4 is 0 Å². The molecule has 0 saturated carbocycles. The van der Waals surface area contributed by atoms with Gasteiger partial charge in [0.25, 0.3) is 0 Å². The lowest BCUT2D eigenvalue weighted by atomic mass is 10.1. The molecule has 0 aliphatic rings. The molecule has 1 heterocycles. The summed E-state index contributed by atoms with van der Waals surface area (Å²) in [6.07, 6.45) is 2.75. The minimum absolute atomic E-state index is 0.380. The van der Waals surface area contributed by atoms with Crippen molar-refractivity contribution in [3.8, 4) is 0 Å². The van der Waals surface area contributed by atoms with E-state index in [1.807, 2.05) is 28.8 Å². The summed E-state index contributed by atoms with van der Waals surface area (Å²) >= 11 is 12.7. The second-order valence-corrected chi connectivity index (χ2v) is 6.31. The third-order valence-corrected chi connectivity index (χ3v) is 4.60. The summed E-state index contributed by atoms with van der Waals surface area (Å²) in [6.45, 7) is 4.18. The minimum atomic E-state index is -0.934. The van der Waals surface area contributed by atoms with Crippen molar-refractivity contribution >= 4 is 29.2 Å². The third-order valence-electron chi connectivity index (χ3n) is 3.83. The summed E-state index contributed by atoms with van der Waals surface area (Å²) in [5.74, 6) is -0.869. The lowest BCUT2D eigenvalue weighted by Crippen LogP contribution is -2.09. The molecule has 2 rings (SSSR count). The quantitative estimate of drug-likeness (QED) is 0.778. The maximum absolute atomic E-state index is 11.3. The van der Waals surface area contributed by atoms with E-state index in [0.717, 1.165) is 30.7 Å². The molecule has 0 aliphatic carbocycles. The van der Waals surface area contributed by atoms with Crippen molar-refractivity contribution in [2.75, 3.05) is 0 Å². The molecule has 1 aromatic carbocycles. The van der Waals surface area contributed by atoms with E-state index < -0.39 is 11.9 Å². The molecule has 1 N–H and O–H groups in total. The zero-order valence-corrected chi connectivity index (χ0v) is 14.7. The normalized spacial score (nSPS) is 12.3. The number of carbonyl (C=O) groups is 1. The molecular weight excluding hydrogens is 335 g/mol. The predicted octanol–water partition coefficient (Wildman–Crippen LogP) is 4.77. The van der Waals surface area contributed by atoms with Gasteiger partial charge in [-0.2, -0.15) is 0 Å². The van der Waals surface area contributed by atoms with E-state index in [4.69, 9.17) is 23.2 Å². The number of nitrogens with zero attached hydrogens (tertiary/aromatic N) is 2. The second kappa shape index (κ2) is 7.84. The minimum Gasteiger partial charge on any atom is -0.481 e. The van der Waals surface area contributed by atoms with Crippen molar-refractivity contribution in [3.63, 3.8) is 0 Å². The average Bonchev–Trinajstić information content (AvgIpc) is 2.83. The van der Waals surface area contributed by atoms with Crippen LogP contribution in [0.1, 0.15) is 49.7 Å². The number of aryl methyl sites for hydroxylation is 1. The maximum atomic E-state index is 11.3. The van der Waals surface area contributed by atoms with Crippen LogP contribution in [0, 0.1) is 0 Å². The Morgan fingerprint density at radius 3 is 2.65 bits per heavy atom. The molecule has 1 atom stereocenters. The van der Waals surface area contributed by atoms with E-state index in [2.05, 4.69) is 11.9 Å². The van der Waals surface area contributed by atoms with Crippen LogP contribution in [0.25, 0.3) is 0 Å². The number of carboxylic acids is 1. The van der Waals surface area contributed by atoms with Crippen LogP contribution in [0.3, 0.4) is 0 Å². The fourth-order valence-electron chi connectivity index (χ4n) is 2.37. The summed E-state index contributed by atoms with van der Waals surface area (Å²) in [4.78, 5) is 15.8. The van der Waals surface area contributed by atoms with Gasteiger partial charge in [-0.3, -0.25) is 4.79 Å². The third kappa shape index (κ3) is 4.06. The Kier molecular flexibility index (Phi) is 6.08. The topological polar surface area (TPSA) is 55.1 Å². The fraction of sp³-hybridized carbons (Fsp3) is 0.412. The number of halogens is 2. The van der Waals surface area contributed by atoms with Gasteiger partial charge in [0, 0.05) is 11.4 Å². The Labute approximate surface area is 146 Å².